The summed E-state index contributed by atoms with van der Waals surface area (Å²) >= 11 is 0. The Kier molecular flexibility index (Phi) is 11.9. The van der Waals surface area contributed by atoms with Crippen LogP contribution in [0.3, 0.4) is 0 Å². The Balaban J connectivity index is 0.00000152. The molecule has 0 aliphatic rings. The fourth-order valence-electron chi connectivity index (χ4n) is 5.97. The molecule has 3 aromatic heterocycles. The minimum Gasteiger partial charge on any atom is -0.491 e. The van der Waals surface area contributed by atoms with Gasteiger partial charge in [0.25, 0.3) is 11.1 Å². The van der Waals surface area contributed by atoms with E-state index < -0.39 is 11.1 Å². The van der Waals surface area contributed by atoms with Crippen LogP contribution in [0.25, 0.3) is 49.2 Å². The molecular weight excluding hydrogens is 734 g/mol. The zero-order valence-electron chi connectivity index (χ0n) is 28.2. The number of benzene rings is 5. The molecule has 0 aliphatic heterocycles. The molecule has 8 aromatic rings. The number of aromatic nitrogens is 4. The van der Waals surface area contributed by atoms with E-state index in [9.17, 15) is 9.59 Å². The van der Waals surface area contributed by atoms with Crippen molar-refractivity contribution in [3.8, 4) is 23.2 Å². The van der Waals surface area contributed by atoms with Gasteiger partial charge in [-0.05, 0) is 60.3 Å². The molecule has 0 fully saturated rings. The first kappa shape index (κ1) is 36.6. The summed E-state index contributed by atoms with van der Waals surface area (Å²) in [6.07, 6.45) is 3.23. The Morgan fingerprint density at radius 2 is 1.48 bits per heavy atom. The van der Waals surface area contributed by atoms with E-state index in [1.165, 1.54) is 6.82 Å². The van der Waals surface area contributed by atoms with Gasteiger partial charge < -0.3 is 38.6 Å². The Morgan fingerprint density at radius 1 is 0.750 bits per heavy atom. The smallest absolute Gasteiger partial charge is 0.265 e. The van der Waals surface area contributed by atoms with E-state index in [1.54, 1.807) is 42.5 Å². The van der Waals surface area contributed by atoms with Gasteiger partial charge in [0, 0.05) is 85.2 Å². The summed E-state index contributed by atoms with van der Waals surface area (Å²) in [5, 5.41) is 4.01. The van der Waals surface area contributed by atoms with Gasteiger partial charge in [0.05, 0.1) is 20.1 Å². The molecule has 0 unspecified atom stereocenters. The van der Waals surface area contributed by atoms with Gasteiger partial charge in [0.15, 0.2) is 6.01 Å². The number of hydrogen-bond acceptors (Lipinski definition) is 9. The molecule has 0 atom stereocenters. The summed E-state index contributed by atoms with van der Waals surface area (Å²) in [5.74, 6) is 1.16. The fraction of sp³-hybridized carbons (Fsp3) is 0.154. The van der Waals surface area contributed by atoms with Crippen LogP contribution in [0.5, 0.6) is 17.5 Å². The Hall–Kier alpha value is -5.16. The van der Waals surface area contributed by atoms with Crippen molar-refractivity contribution < 1.29 is 51.3 Å². The number of rotatable bonds is 11. The predicted molar refractivity (Wildman–Crippen MR) is 196 cm³/mol. The number of H-pyrrole nitrogens is 1. The number of pyridine rings is 1. The van der Waals surface area contributed by atoms with E-state index in [0.29, 0.717) is 66.0 Å². The molecule has 5 aromatic carbocycles. The normalized spacial score (nSPS) is 11.4. The third kappa shape index (κ3) is 7.55. The Bertz CT molecular complexity index is 2610. The quantitative estimate of drug-likeness (QED) is 0.0546. The van der Waals surface area contributed by atoms with E-state index in [2.05, 4.69) is 34.1 Å². The monoisotopic (exact) mass is 765 g/mol. The van der Waals surface area contributed by atoms with Crippen LogP contribution in [0.2, 0.25) is 6.82 Å². The van der Waals surface area contributed by atoms with Gasteiger partial charge in [-0.15, -0.1) is 0 Å². The Morgan fingerprint density at radius 3 is 2.31 bits per heavy atom. The van der Waals surface area contributed by atoms with Crippen molar-refractivity contribution in [2.45, 2.75) is 13.2 Å². The molecule has 3 heterocycles. The summed E-state index contributed by atoms with van der Waals surface area (Å²) in [6, 6.07) is 31.3. The van der Waals surface area contributed by atoms with Crippen LogP contribution in [0.15, 0.2) is 122 Å². The van der Waals surface area contributed by atoms with Crippen molar-refractivity contribution in [2.75, 3.05) is 26.4 Å². The molecule has 3 radical (unpaired) electrons. The standard InChI is InChI=1S/C38H28N5O6.CH3B.Y/c44-35-29-15-14-28-27-12-4-5-13-31(27)49-32-17-16-30(33(29)34(28)32)36(45)43(35)24-8-6-11-26(22-24)48-38-41-23-40-37(42-38)39-18-7-19-46-20-21-47-25-9-2-1-3-10-25;1-2;/h1-6,8-17,22H,7,18-21H2,(H,39,40,41,42);1H3;/q-1;;. The van der Waals surface area contributed by atoms with E-state index in [4.69, 9.17) is 18.6 Å². The van der Waals surface area contributed by atoms with Crippen molar-refractivity contribution in [1.82, 2.24) is 19.5 Å². The summed E-state index contributed by atoms with van der Waals surface area (Å²) < 4.78 is 24.5. The van der Waals surface area contributed by atoms with Crippen molar-refractivity contribution in [1.29, 1.82) is 0 Å². The molecule has 0 bridgehead atoms. The molecule has 52 heavy (non-hydrogen) atoms. The molecule has 0 spiro atoms. The zero-order chi connectivity index (χ0) is 35.2. The summed E-state index contributed by atoms with van der Waals surface area (Å²) in [6.45, 7) is 3.42. The molecule has 13 heteroatoms. The molecule has 0 saturated carbocycles. The SMILES string of the molecule is O=c1c2ccc3oc4ccccc4c4ccc(c(=O)n1-c1cccc(Oc5n[c-]nc(=NCCCOCCOc6ccccc6)[nH]5)c1)c2c34.[B]C.[Y]. The second kappa shape index (κ2) is 16.9. The van der Waals surface area contributed by atoms with Gasteiger partial charge in [-0.3, -0.25) is 9.59 Å². The van der Waals surface area contributed by atoms with Gasteiger partial charge in [0.1, 0.15) is 34.9 Å². The third-order valence-corrected chi connectivity index (χ3v) is 8.15. The van der Waals surface area contributed by atoms with E-state index in [0.717, 1.165) is 32.1 Å². The molecule has 0 aliphatic carbocycles. The fourth-order valence-corrected chi connectivity index (χ4v) is 5.97. The third-order valence-electron chi connectivity index (χ3n) is 8.15. The first-order valence-corrected chi connectivity index (χ1v) is 16.4. The van der Waals surface area contributed by atoms with Gasteiger partial charge in [0.2, 0.25) is 0 Å². The summed E-state index contributed by atoms with van der Waals surface area (Å²) in [4.78, 5) is 43.3. The molecule has 8 rings (SSSR count). The van der Waals surface area contributed by atoms with Crippen molar-refractivity contribution in [2.24, 2.45) is 4.99 Å². The maximum absolute atomic E-state index is 13.9. The average molecular weight is 765 g/mol. The largest absolute Gasteiger partial charge is 0.491 e. The van der Waals surface area contributed by atoms with Gasteiger partial charge in [-0.2, -0.15) is 0 Å². The molecule has 1 N–H and O–H groups in total. The average Bonchev–Trinajstić information content (AvgIpc) is 3.17. The molecule has 0 saturated heterocycles. The number of ether oxygens (including phenoxy) is 3. The number of para-hydroxylation sites is 2. The minimum atomic E-state index is -0.437. The van der Waals surface area contributed by atoms with E-state index in [1.807, 2.05) is 60.7 Å². The van der Waals surface area contributed by atoms with Gasteiger partial charge >= 0.3 is 0 Å². The van der Waals surface area contributed by atoms with Crippen LogP contribution in [-0.2, 0) is 37.4 Å². The maximum atomic E-state index is 13.9. The maximum Gasteiger partial charge on any atom is 0.265 e. The van der Waals surface area contributed by atoms with Crippen LogP contribution in [0.4, 0.5) is 0 Å². The number of nitrogens with zero attached hydrogens (tertiary/aromatic N) is 4. The second-order valence-electron chi connectivity index (χ2n) is 11.3. The molecule has 0 amide bonds. The number of hydrogen-bond donors (Lipinski definition) is 1. The zero-order valence-corrected chi connectivity index (χ0v) is 31.1. The molecule has 11 nitrogen and oxygen atoms in total. The van der Waals surface area contributed by atoms with Gasteiger partial charge in [-0.1, -0.05) is 55.4 Å². The molecular formula is C39H31BN5O6Y-. The van der Waals surface area contributed by atoms with Crippen LogP contribution >= 0.6 is 0 Å². The molecule has 255 valence electrons. The number of nitrogens with one attached hydrogen (secondary N) is 1. The van der Waals surface area contributed by atoms with Crippen molar-refractivity contribution >= 4 is 51.3 Å². The summed E-state index contributed by atoms with van der Waals surface area (Å²) in [7, 11) is 4.50. The van der Waals surface area contributed by atoms with Crippen LogP contribution < -0.4 is 26.2 Å². The minimum absolute atomic E-state index is 0. The second-order valence-corrected chi connectivity index (χ2v) is 11.3. The van der Waals surface area contributed by atoms with E-state index >= 15 is 0 Å². The Labute approximate surface area is 323 Å². The van der Waals surface area contributed by atoms with Crippen LogP contribution in [-0.4, -0.2) is 53.7 Å². The van der Waals surface area contributed by atoms with Gasteiger partial charge in [-0.25, -0.2) is 4.57 Å². The summed E-state index contributed by atoms with van der Waals surface area (Å²) in [5.41, 5.74) is 1.11. The van der Waals surface area contributed by atoms with Crippen molar-refractivity contribution in [3.05, 3.63) is 136 Å². The first-order valence-electron chi connectivity index (χ1n) is 16.4. The van der Waals surface area contributed by atoms with Crippen LogP contribution in [0.1, 0.15) is 6.42 Å². The number of fused-ring (bicyclic) bond motifs is 2. The predicted octanol–water partition coefficient (Wildman–Crippen LogP) is 6.14. The van der Waals surface area contributed by atoms with E-state index in [-0.39, 0.29) is 44.3 Å². The van der Waals surface area contributed by atoms with Crippen molar-refractivity contribution in [3.63, 3.8) is 0 Å². The van der Waals surface area contributed by atoms with Crippen LogP contribution in [0, 0.1) is 6.33 Å². The topological polar surface area (TPSA) is 134 Å². The first-order chi connectivity index (χ1) is 25.1. The number of aromatic amines is 1.